The van der Waals surface area contributed by atoms with Crippen molar-refractivity contribution >= 4 is 11.6 Å². The number of nitrogens with two attached hydrogens (primary N) is 1. The molecule has 2 aromatic rings. The van der Waals surface area contributed by atoms with Gasteiger partial charge in [0.05, 0.1) is 11.6 Å². The van der Waals surface area contributed by atoms with E-state index >= 15 is 0 Å². The van der Waals surface area contributed by atoms with E-state index in [9.17, 15) is 4.79 Å². The molecule has 1 atom stereocenters. The summed E-state index contributed by atoms with van der Waals surface area (Å²) in [7, 11) is 0. The smallest absolute Gasteiger partial charge is 0.253 e. The third kappa shape index (κ3) is 3.10. The number of amides is 1. The van der Waals surface area contributed by atoms with Gasteiger partial charge in [0.15, 0.2) is 0 Å². The Kier molecular flexibility index (Phi) is 3.80. The second kappa shape index (κ2) is 5.52. The Labute approximate surface area is 112 Å². The Balaban J connectivity index is 2.15. The summed E-state index contributed by atoms with van der Waals surface area (Å²) in [5.41, 5.74) is 8.80. The van der Waals surface area contributed by atoms with Crippen LogP contribution in [-0.2, 0) is 0 Å². The van der Waals surface area contributed by atoms with Crippen LogP contribution >= 0.6 is 0 Å². The number of aromatic nitrogens is 1. The first-order chi connectivity index (χ1) is 9.08. The number of carbonyl (C=O) groups excluding carboxylic acids is 1. The SMILES string of the molecule is Cc1ccc(N)c(C(=O)N[C@@H](C)c2cccnc2)c1. The van der Waals surface area contributed by atoms with Crippen LogP contribution < -0.4 is 11.1 Å². The lowest BCUT2D eigenvalue weighted by atomic mass is 10.1. The van der Waals surface area contributed by atoms with Crippen LogP contribution in [-0.4, -0.2) is 10.9 Å². The molecule has 0 spiro atoms. The molecule has 0 saturated heterocycles. The van der Waals surface area contributed by atoms with E-state index in [1.54, 1.807) is 24.5 Å². The first-order valence-corrected chi connectivity index (χ1v) is 6.15. The molecule has 19 heavy (non-hydrogen) atoms. The standard InChI is InChI=1S/C15H17N3O/c1-10-5-6-14(16)13(8-10)15(19)18-11(2)12-4-3-7-17-9-12/h3-9,11H,16H2,1-2H3,(H,18,19)/t11-/m0/s1. The second-order valence-corrected chi connectivity index (χ2v) is 4.57. The van der Waals surface area contributed by atoms with Gasteiger partial charge >= 0.3 is 0 Å². The fourth-order valence-corrected chi connectivity index (χ4v) is 1.86. The third-order valence-corrected chi connectivity index (χ3v) is 2.99. The highest BCUT2D eigenvalue weighted by Crippen LogP contribution is 2.16. The second-order valence-electron chi connectivity index (χ2n) is 4.57. The summed E-state index contributed by atoms with van der Waals surface area (Å²) < 4.78 is 0. The van der Waals surface area contributed by atoms with Crippen molar-refractivity contribution in [2.75, 3.05) is 5.73 Å². The van der Waals surface area contributed by atoms with Crippen LogP contribution in [0.4, 0.5) is 5.69 Å². The zero-order chi connectivity index (χ0) is 13.8. The highest BCUT2D eigenvalue weighted by Gasteiger charge is 2.13. The minimum atomic E-state index is -0.169. The molecule has 4 heteroatoms. The molecule has 1 amide bonds. The van der Waals surface area contributed by atoms with Gasteiger partial charge in [0, 0.05) is 18.1 Å². The first-order valence-electron chi connectivity index (χ1n) is 6.15. The molecule has 1 aromatic heterocycles. The molecule has 0 aliphatic heterocycles. The number of rotatable bonds is 3. The van der Waals surface area contributed by atoms with Gasteiger partial charge in [0.25, 0.3) is 5.91 Å². The van der Waals surface area contributed by atoms with Gasteiger partial charge in [-0.05, 0) is 37.6 Å². The van der Waals surface area contributed by atoms with Crippen molar-refractivity contribution in [1.29, 1.82) is 0 Å². The highest BCUT2D eigenvalue weighted by molar-refractivity contribution is 5.99. The molecular formula is C15H17N3O. The van der Waals surface area contributed by atoms with Crippen molar-refractivity contribution < 1.29 is 4.79 Å². The molecule has 1 heterocycles. The van der Waals surface area contributed by atoms with Crippen molar-refractivity contribution in [2.45, 2.75) is 19.9 Å². The Morgan fingerprint density at radius 2 is 2.16 bits per heavy atom. The minimum Gasteiger partial charge on any atom is -0.398 e. The molecule has 3 N–H and O–H groups in total. The van der Waals surface area contributed by atoms with E-state index in [2.05, 4.69) is 10.3 Å². The normalized spacial score (nSPS) is 11.9. The van der Waals surface area contributed by atoms with Crippen LogP contribution in [0.5, 0.6) is 0 Å². The van der Waals surface area contributed by atoms with Gasteiger partial charge in [-0.1, -0.05) is 17.7 Å². The van der Waals surface area contributed by atoms with E-state index in [4.69, 9.17) is 5.73 Å². The topological polar surface area (TPSA) is 68.0 Å². The molecular weight excluding hydrogens is 238 g/mol. The summed E-state index contributed by atoms with van der Waals surface area (Å²) in [5.74, 6) is -0.169. The summed E-state index contributed by atoms with van der Waals surface area (Å²) >= 11 is 0. The van der Waals surface area contributed by atoms with Gasteiger partial charge < -0.3 is 11.1 Å². The maximum Gasteiger partial charge on any atom is 0.253 e. The van der Waals surface area contributed by atoms with Gasteiger partial charge in [-0.2, -0.15) is 0 Å². The molecule has 0 saturated carbocycles. The average Bonchev–Trinajstić information content (AvgIpc) is 2.42. The highest BCUT2D eigenvalue weighted by atomic mass is 16.1. The van der Waals surface area contributed by atoms with Gasteiger partial charge in [0.1, 0.15) is 0 Å². The van der Waals surface area contributed by atoms with Crippen molar-refractivity contribution in [2.24, 2.45) is 0 Å². The third-order valence-electron chi connectivity index (χ3n) is 2.99. The molecule has 0 unspecified atom stereocenters. The van der Waals surface area contributed by atoms with Crippen molar-refractivity contribution in [3.8, 4) is 0 Å². The van der Waals surface area contributed by atoms with Crippen LogP contribution in [0.1, 0.15) is 34.5 Å². The lowest BCUT2D eigenvalue weighted by molar-refractivity contribution is 0.0940. The van der Waals surface area contributed by atoms with Crippen LogP contribution in [0.15, 0.2) is 42.7 Å². The Morgan fingerprint density at radius 3 is 2.84 bits per heavy atom. The van der Waals surface area contributed by atoms with E-state index in [1.807, 2.05) is 32.0 Å². The summed E-state index contributed by atoms with van der Waals surface area (Å²) in [6.45, 7) is 3.85. The maximum absolute atomic E-state index is 12.2. The number of nitrogens with zero attached hydrogens (tertiary/aromatic N) is 1. The van der Waals surface area contributed by atoms with Crippen LogP contribution in [0, 0.1) is 6.92 Å². The van der Waals surface area contributed by atoms with Gasteiger partial charge in [-0.25, -0.2) is 0 Å². The van der Waals surface area contributed by atoms with E-state index in [0.29, 0.717) is 11.3 Å². The first kappa shape index (κ1) is 13.1. The Bertz CT molecular complexity index is 581. The van der Waals surface area contributed by atoms with Gasteiger partial charge in [-0.15, -0.1) is 0 Å². The maximum atomic E-state index is 12.2. The zero-order valence-electron chi connectivity index (χ0n) is 11.1. The van der Waals surface area contributed by atoms with Crippen LogP contribution in [0.3, 0.4) is 0 Å². The predicted octanol–water partition coefficient (Wildman–Crippen LogP) is 2.46. The van der Waals surface area contributed by atoms with Crippen molar-refractivity contribution in [3.05, 3.63) is 59.4 Å². The lowest BCUT2D eigenvalue weighted by Gasteiger charge is -2.15. The average molecular weight is 255 g/mol. The van der Waals surface area contributed by atoms with E-state index < -0.39 is 0 Å². The molecule has 4 nitrogen and oxygen atoms in total. The molecule has 1 aromatic carbocycles. The Morgan fingerprint density at radius 1 is 1.37 bits per heavy atom. The number of anilines is 1. The molecule has 0 aliphatic carbocycles. The minimum absolute atomic E-state index is 0.110. The molecule has 2 rings (SSSR count). The number of hydrogen-bond donors (Lipinski definition) is 2. The molecule has 98 valence electrons. The monoisotopic (exact) mass is 255 g/mol. The van der Waals surface area contributed by atoms with Gasteiger partial charge in [0.2, 0.25) is 0 Å². The quantitative estimate of drug-likeness (QED) is 0.828. The number of benzene rings is 1. The molecule has 0 radical (unpaired) electrons. The number of aryl methyl sites for hydroxylation is 1. The fourth-order valence-electron chi connectivity index (χ4n) is 1.86. The number of pyridine rings is 1. The summed E-state index contributed by atoms with van der Waals surface area (Å²) in [5, 5.41) is 2.92. The number of nitrogen functional groups attached to an aromatic ring is 1. The largest absolute Gasteiger partial charge is 0.398 e. The number of nitrogens with one attached hydrogen (secondary N) is 1. The van der Waals surface area contributed by atoms with Crippen molar-refractivity contribution in [1.82, 2.24) is 10.3 Å². The summed E-state index contributed by atoms with van der Waals surface area (Å²) in [4.78, 5) is 16.2. The fraction of sp³-hybridized carbons (Fsp3) is 0.200. The molecule has 0 fully saturated rings. The van der Waals surface area contributed by atoms with Crippen LogP contribution in [0.25, 0.3) is 0 Å². The van der Waals surface area contributed by atoms with Crippen LogP contribution in [0.2, 0.25) is 0 Å². The van der Waals surface area contributed by atoms with E-state index in [1.165, 1.54) is 0 Å². The van der Waals surface area contributed by atoms with Crippen molar-refractivity contribution in [3.63, 3.8) is 0 Å². The van der Waals surface area contributed by atoms with E-state index in [-0.39, 0.29) is 11.9 Å². The Hall–Kier alpha value is -2.36. The molecule has 0 bridgehead atoms. The number of carbonyl (C=O) groups is 1. The lowest BCUT2D eigenvalue weighted by Crippen LogP contribution is -2.27. The van der Waals surface area contributed by atoms with E-state index in [0.717, 1.165) is 11.1 Å². The number of hydrogen-bond acceptors (Lipinski definition) is 3. The summed E-state index contributed by atoms with van der Waals surface area (Å²) in [6, 6.07) is 9.09. The predicted molar refractivity (Wildman–Crippen MR) is 75.7 cm³/mol. The zero-order valence-corrected chi connectivity index (χ0v) is 11.1. The molecule has 0 aliphatic rings. The summed E-state index contributed by atoms with van der Waals surface area (Å²) in [6.07, 6.45) is 3.45. The van der Waals surface area contributed by atoms with Gasteiger partial charge in [-0.3, -0.25) is 9.78 Å².